The number of hydrogen-bond donors (Lipinski definition) is 2. The molecule has 2 unspecified atom stereocenters. The Morgan fingerprint density at radius 1 is 1.40 bits per heavy atom. The lowest BCUT2D eigenvalue weighted by Crippen LogP contribution is -2.31. The number of aliphatic hydroxyl groups excluding tert-OH is 1. The highest BCUT2D eigenvalue weighted by Gasteiger charge is 2.17. The Balaban J connectivity index is 1.92. The van der Waals surface area contributed by atoms with Crippen LogP contribution in [0.25, 0.3) is 10.2 Å². The number of hydrogen-bond acceptors (Lipinski definition) is 4. The van der Waals surface area contributed by atoms with Crippen LogP contribution in [0.4, 0.5) is 0 Å². The van der Waals surface area contributed by atoms with E-state index in [1.807, 2.05) is 12.3 Å². The van der Waals surface area contributed by atoms with Crippen LogP contribution in [-0.4, -0.2) is 22.7 Å². The fourth-order valence-corrected chi connectivity index (χ4v) is 3.10. The fraction of sp³-hybridized carbons (Fsp3) is 0.562. The van der Waals surface area contributed by atoms with Crippen LogP contribution in [0.1, 0.15) is 45.7 Å². The van der Waals surface area contributed by atoms with Gasteiger partial charge in [0.1, 0.15) is 0 Å². The maximum atomic E-state index is 10.0. The van der Waals surface area contributed by atoms with Crippen molar-refractivity contribution in [3.05, 3.63) is 29.3 Å². The SMILES string of the molecule is CC(NCC(O)CC(C)(C)C)c1cnc2ccsc2c1. The van der Waals surface area contributed by atoms with Crippen molar-refractivity contribution in [3.8, 4) is 0 Å². The second-order valence-electron chi connectivity index (χ2n) is 6.62. The molecule has 4 heteroatoms. The van der Waals surface area contributed by atoms with Gasteiger partial charge in [0.25, 0.3) is 0 Å². The Morgan fingerprint density at radius 3 is 2.85 bits per heavy atom. The van der Waals surface area contributed by atoms with Crippen LogP contribution >= 0.6 is 11.3 Å². The molecule has 0 radical (unpaired) electrons. The van der Waals surface area contributed by atoms with Crippen molar-refractivity contribution < 1.29 is 5.11 Å². The smallest absolute Gasteiger partial charge is 0.0809 e. The number of pyridine rings is 1. The highest BCUT2D eigenvalue weighted by Crippen LogP contribution is 2.23. The molecule has 2 aromatic heterocycles. The molecule has 0 aliphatic rings. The molecule has 0 amide bonds. The van der Waals surface area contributed by atoms with Crippen LogP contribution in [0.2, 0.25) is 0 Å². The Morgan fingerprint density at radius 2 is 2.15 bits per heavy atom. The molecule has 110 valence electrons. The molecular weight excluding hydrogens is 268 g/mol. The van der Waals surface area contributed by atoms with Gasteiger partial charge in [-0.25, -0.2) is 0 Å². The van der Waals surface area contributed by atoms with Crippen molar-refractivity contribution >= 4 is 21.6 Å². The van der Waals surface area contributed by atoms with Crippen molar-refractivity contribution in [3.63, 3.8) is 0 Å². The zero-order valence-electron chi connectivity index (χ0n) is 12.7. The summed E-state index contributed by atoms with van der Waals surface area (Å²) in [5.41, 5.74) is 2.38. The molecule has 2 heterocycles. The van der Waals surface area contributed by atoms with Crippen LogP contribution in [0.5, 0.6) is 0 Å². The summed E-state index contributed by atoms with van der Waals surface area (Å²) in [5.74, 6) is 0. The molecule has 2 aromatic rings. The van der Waals surface area contributed by atoms with Gasteiger partial charge in [0.2, 0.25) is 0 Å². The van der Waals surface area contributed by atoms with Crippen LogP contribution in [0.15, 0.2) is 23.7 Å². The minimum absolute atomic E-state index is 0.155. The van der Waals surface area contributed by atoms with Gasteiger partial charge >= 0.3 is 0 Å². The van der Waals surface area contributed by atoms with E-state index in [0.717, 1.165) is 11.9 Å². The van der Waals surface area contributed by atoms with E-state index in [0.29, 0.717) is 6.54 Å². The molecule has 2 rings (SSSR count). The summed E-state index contributed by atoms with van der Waals surface area (Å²) in [7, 11) is 0. The summed E-state index contributed by atoms with van der Waals surface area (Å²) >= 11 is 1.71. The first-order valence-corrected chi connectivity index (χ1v) is 7.98. The van der Waals surface area contributed by atoms with E-state index < -0.39 is 0 Å². The molecule has 3 nitrogen and oxygen atoms in total. The van der Waals surface area contributed by atoms with Crippen LogP contribution in [0.3, 0.4) is 0 Å². The van der Waals surface area contributed by atoms with Gasteiger partial charge < -0.3 is 10.4 Å². The Labute approximate surface area is 125 Å². The summed E-state index contributed by atoms with van der Waals surface area (Å²) in [6.45, 7) is 9.16. The molecule has 2 atom stereocenters. The molecule has 20 heavy (non-hydrogen) atoms. The topological polar surface area (TPSA) is 45.1 Å². The largest absolute Gasteiger partial charge is 0.392 e. The number of thiophene rings is 1. The third-order valence-electron chi connectivity index (χ3n) is 3.33. The van der Waals surface area contributed by atoms with Crippen LogP contribution < -0.4 is 5.32 Å². The molecule has 0 aliphatic heterocycles. The average Bonchev–Trinajstić information content (AvgIpc) is 2.80. The van der Waals surface area contributed by atoms with Crippen molar-refractivity contribution in [2.75, 3.05) is 6.54 Å². The summed E-state index contributed by atoms with van der Waals surface area (Å²) in [6, 6.07) is 4.42. The predicted molar refractivity (Wildman–Crippen MR) is 86.1 cm³/mol. The quantitative estimate of drug-likeness (QED) is 0.882. The van der Waals surface area contributed by atoms with E-state index in [1.54, 1.807) is 11.3 Å². The highest BCUT2D eigenvalue weighted by atomic mass is 32.1. The van der Waals surface area contributed by atoms with Gasteiger partial charge in [0.05, 0.1) is 16.3 Å². The minimum atomic E-state index is -0.309. The third kappa shape index (κ3) is 4.27. The molecule has 2 N–H and O–H groups in total. The summed E-state index contributed by atoms with van der Waals surface area (Å²) in [5, 5.41) is 15.5. The Kier molecular flexibility index (Phi) is 4.78. The fourth-order valence-electron chi connectivity index (χ4n) is 2.31. The summed E-state index contributed by atoms with van der Waals surface area (Å²) < 4.78 is 1.21. The Bertz CT molecular complexity index is 559. The van der Waals surface area contributed by atoms with Gasteiger partial charge in [-0.15, -0.1) is 11.3 Å². The van der Waals surface area contributed by atoms with Crippen molar-refractivity contribution in [2.45, 2.75) is 46.3 Å². The van der Waals surface area contributed by atoms with E-state index in [-0.39, 0.29) is 17.6 Å². The first-order chi connectivity index (χ1) is 9.35. The zero-order chi connectivity index (χ0) is 14.8. The van der Waals surface area contributed by atoms with E-state index in [2.05, 4.69) is 49.4 Å². The lowest BCUT2D eigenvalue weighted by atomic mass is 9.89. The number of nitrogens with one attached hydrogen (secondary N) is 1. The van der Waals surface area contributed by atoms with Crippen molar-refractivity contribution in [2.24, 2.45) is 5.41 Å². The van der Waals surface area contributed by atoms with Crippen LogP contribution in [-0.2, 0) is 0 Å². The number of aliphatic hydroxyl groups is 1. The zero-order valence-corrected chi connectivity index (χ0v) is 13.5. The molecule has 0 aromatic carbocycles. The lowest BCUT2D eigenvalue weighted by molar-refractivity contribution is 0.117. The predicted octanol–water partition coefficient (Wildman–Crippen LogP) is 3.74. The molecule has 0 saturated carbocycles. The van der Waals surface area contributed by atoms with E-state index in [4.69, 9.17) is 0 Å². The summed E-state index contributed by atoms with van der Waals surface area (Å²) in [6.07, 6.45) is 2.41. The van der Waals surface area contributed by atoms with Gasteiger partial charge in [0.15, 0.2) is 0 Å². The second kappa shape index (κ2) is 6.20. The molecule has 0 spiro atoms. The van der Waals surface area contributed by atoms with Gasteiger partial charge in [-0.1, -0.05) is 20.8 Å². The van der Waals surface area contributed by atoms with Gasteiger partial charge in [-0.3, -0.25) is 4.98 Å². The molecule has 0 aliphatic carbocycles. The van der Waals surface area contributed by atoms with E-state index in [1.165, 1.54) is 10.3 Å². The van der Waals surface area contributed by atoms with Crippen LogP contribution in [0, 0.1) is 5.41 Å². The molecule has 0 bridgehead atoms. The maximum absolute atomic E-state index is 10.0. The first-order valence-electron chi connectivity index (χ1n) is 7.10. The van der Waals surface area contributed by atoms with E-state index in [9.17, 15) is 5.11 Å². The maximum Gasteiger partial charge on any atom is 0.0809 e. The second-order valence-corrected chi connectivity index (χ2v) is 7.57. The van der Waals surface area contributed by atoms with Crippen molar-refractivity contribution in [1.29, 1.82) is 0 Å². The van der Waals surface area contributed by atoms with Gasteiger partial charge in [0, 0.05) is 18.8 Å². The molecule has 0 saturated heterocycles. The van der Waals surface area contributed by atoms with Gasteiger partial charge in [-0.05, 0) is 41.8 Å². The number of aromatic nitrogens is 1. The van der Waals surface area contributed by atoms with E-state index >= 15 is 0 Å². The van der Waals surface area contributed by atoms with Crippen molar-refractivity contribution in [1.82, 2.24) is 10.3 Å². The number of nitrogens with zero attached hydrogens (tertiary/aromatic N) is 1. The normalized spacial score (nSPS) is 15.4. The lowest BCUT2D eigenvalue weighted by Gasteiger charge is -2.24. The molecule has 0 fully saturated rings. The van der Waals surface area contributed by atoms with Gasteiger partial charge in [-0.2, -0.15) is 0 Å². The third-order valence-corrected chi connectivity index (χ3v) is 4.18. The summed E-state index contributed by atoms with van der Waals surface area (Å²) in [4.78, 5) is 4.46. The monoisotopic (exact) mass is 292 g/mol. The minimum Gasteiger partial charge on any atom is -0.392 e. The molecular formula is C16H24N2OS. The average molecular weight is 292 g/mol. The highest BCUT2D eigenvalue weighted by molar-refractivity contribution is 7.17. The number of fused-ring (bicyclic) bond motifs is 1. The number of rotatable bonds is 5. The standard InChI is InChI=1S/C16H24N2OS/c1-11(17-10-13(19)8-16(2,3)4)12-7-15-14(18-9-12)5-6-20-15/h5-7,9,11,13,17,19H,8,10H2,1-4H3. The Hall–Kier alpha value is -0.970. The first kappa shape index (κ1) is 15.4.